The number of primary amides is 1. The molecule has 18 heavy (non-hydrogen) atoms. The lowest BCUT2D eigenvalue weighted by Crippen LogP contribution is -2.10. The molecule has 0 aliphatic heterocycles. The van der Waals surface area contributed by atoms with Crippen LogP contribution < -0.4 is 5.73 Å². The highest BCUT2D eigenvalue weighted by molar-refractivity contribution is 5.96. The van der Waals surface area contributed by atoms with E-state index >= 15 is 0 Å². The van der Waals surface area contributed by atoms with Gasteiger partial charge in [-0.1, -0.05) is 30.3 Å². The van der Waals surface area contributed by atoms with Gasteiger partial charge in [0.2, 0.25) is 5.91 Å². The van der Waals surface area contributed by atoms with Crippen LogP contribution in [0.1, 0.15) is 10.4 Å². The number of nitrogens with one attached hydrogen (secondary N) is 1. The van der Waals surface area contributed by atoms with Gasteiger partial charge in [0.25, 0.3) is 0 Å². The van der Waals surface area contributed by atoms with Crippen molar-refractivity contribution < 1.29 is 4.79 Å². The molecule has 1 amide bonds. The van der Waals surface area contributed by atoms with Crippen molar-refractivity contribution in [2.24, 2.45) is 5.73 Å². The van der Waals surface area contributed by atoms with Gasteiger partial charge < -0.3 is 10.7 Å². The van der Waals surface area contributed by atoms with E-state index in [1.54, 1.807) is 6.07 Å². The molecule has 4 nitrogen and oxygen atoms in total. The second kappa shape index (κ2) is 4.00. The van der Waals surface area contributed by atoms with Gasteiger partial charge in [-0.3, -0.25) is 4.79 Å². The fourth-order valence-corrected chi connectivity index (χ4v) is 1.92. The standard InChI is InChI=1S/C14H11N3O/c15-13(18)11-6-10-7-12(17-14(10)16-8-11)9-4-2-1-3-5-9/h1-8H,(H2,15,18)(H,16,17). The second-order valence-corrected chi connectivity index (χ2v) is 4.08. The van der Waals surface area contributed by atoms with Crippen LogP contribution in [0.15, 0.2) is 48.7 Å². The molecule has 0 aliphatic rings. The highest BCUT2D eigenvalue weighted by atomic mass is 16.1. The number of H-pyrrole nitrogens is 1. The molecular weight excluding hydrogens is 226 g/mol. The normalized spacial score (nSPS) is 10.7. The summed E-state index contributed by atoms with van der Waals surface area (Å²) in [4.78, 5) is 18.5. The zero-order valence-corrected chi connectivity index (χ0v) is 9.55. The summed E-state index contributed by atoms with van der Waals surface area (Å²) in [6.07, 6.45) is 1.48. The van der Waals surface area contributed by atoms with Gasteiger partial charge in [-0.2, -0.15) is 0 Å². The van der Waals surface area contributed by atoms with E-state index in [-0.39, 0.29) is 0 Å². The molecule has 1 aromatic carbocycles. The number of hydrogen-bond acceptors (Lipinski definition) is 2. The van der Waals surface area contributed by atoms with Crippen LogP contribution in [0.3, 0.4) is 0 Å². The Morgan fingerprint density at radius 3 is 2.67 bits per heavy atom. The third kappa shape index (κ3) is 1.73. The summed E-state index contributed by atoms with van der Waals surface area (Å²) in [6.45, 7) is 0. The van der Waals surface area contributed by atoms with Gasteiger partial charge >= 0.3 is 0 Å². The van der Waals surface area contributed by atoms with E-state index < -0.39 is 5.91 Å². The fourth-order valence-electron chi connectivity index (χ4n) is 1.92. The minimum absolute atomic E-state index is 0.418. The van der Waals surface area contributed by atoms with Crippen LogP contribution in [0.4, 0.5) is 0 Å². The number of carbonyl (C=O) groups excluding carboxylic acids is 1. The lowest BCUT2D eigenvalue weighted by Gasteiger charge is -1.94. The number of fused-ring (bicyclic) bond motifs is 1. The van der Waals surface area contributed by atoms with Crippen LogP contribution in [-0.4, -0.2) is 15.9 Å². The number of benzene rings is 1. The van der Waals surface area contributed by atoms with Crippen molar-refractivity contribution in [1.29, 1.82) is 0 Å². The van der Waals surface area contributed by atoms with Crippen molar-refractivity contribution in [1.82, 2.24) is 9.97 Å². The molecule has 0 saturated heterocycles. The van der Waals surface area contributed by atoms with Crippen LogP contribution in [-0.2, 0) is 0 Å². The first-order valence-corrected chi connectivity index (χ1v) is 5.58. The number of nitrogens with zero attached hydrogens (tertiary/aromatic N) is 1. The van der Waals surface area contributed by atoms with Crippen LogP contribution in [0.2, 0.25) is 0 Å². The third-order valence-electron chi connectivity index (χ3n) is 2.84. The maximum absolute atomic E-state index is 11.1. The van der Waals surface area contributed by atoms with Gasteiger partial charge in [-0.15, -0.1) is 0 Å². The summed E-state index contributed by atoms with van der Waals surface area (Å²) in [5.41, 5.74) is 8.45. The molecule has 3 aromatic rings. The zero-order chi connectivity index (χ0) is 12.5. The van der Waals surface area contributed by atoms with Crippen molar-refractivity contribution >= 4 is 16.9 Å². The van der Waals surface area contributed by atoms with Gasteiger partial charge in [0.1, 0.15) is 5.65 Å². The molecule has 0 unspecified atom stereocenters. The molecule has 3 rings (SSSR count). The number of pyridine rings is 1. The van der Waals surface area contributed by atoms with Crippen molar-refractivity contribution in [3.05, 3.63) is 54.2 Å². The summed E-state index contributed by atoms with van der Waals surface area (Å²) in [5, 5.41) is 0.880. The van der Waals surface area contributed by atoms with Gasteiger partial charge in [-0.25, -0.2) is 4.98 Å². The van der Waals surface area contributed by atoms with Gasteiger partial charge in [-0.05, 0) is 17.7 Å². The Balaban J connectivity index is 2.14. The summed E-state index contributed by atoms with van der Waals surface area (Å²) >= 11 is 0. The Labute approximate surface area is 103 Å². The molecule has 0 aliphatic carbocycles. The first-order chi connectivity index (χ1) is 8.74. The Bertz CT molecular complexity index is 716. The van der Waals surface area contributed by atoms with Gasteiger partial charge in [0.05, 0.1) is 5.56 Å². The molecule has 0 spiro atoms. The summed E-state index contributed by atoms with van der Waals surface area (Å²) in [6, 6.07) is 13.7. The van der Waals surface area contributed by atoms with Crippen LogP contribution in [0, 0.1) is 0 Å². The molecule has 2 aromatic heterocycles. The summed E-state index contributed by atoms with van der Waals surface area (Å²) < 4.78 is 0. The largest absolute Gasteiger partial charge is 0.366 e. The maximum Gasteiger partial charge on any atom is 0.250 e. The molecule has 0 fully saturated rings. The lowest BCUT2D eigenvalue weighted by atomic mass is 10.1. The van der Waals surface area contributed by atoms with E-state index in [4.69, 9.17) is 5.73 Å². The molecule has 0 saturated carbocycles. The van der Waals surface area contributed by atoms with Crippen molar-refractivity contribution in [3.63, 3.8) is 0 Å². The molecule has 0 atom stereocenters. The van der Waals surface area contributed by atoms with Crippen molar-refractivity contribution in [2.75, 3.05) is 0 Å². The van der Waals surface area contributed by atoms with E-state index in [0.717, 1.165) is 22.3 Å². The summed E-state index contributed by atoms with van der Waals surface area (Å²) in [7, 11) is 0. The Morgan fingerprint density at radius 2 is 1.94 bits per heavy atom. The molecule has 88 valence electrons. The fraction of sp³-hybridized carbons (Fsp3) is 0. The zero-order valence-electron chi connectivity index (χ0n) is 9.55. The number of hydrogen-bond donors (Lipinski definition) is 2. The van der Waals surface area contributed by atoms with E-state index in [1.807, 2.05) is 36.4 Å². The minimum atomic E-state index is -0.466. The van der Waals surface area contributed by atoms with E-state index in [9.17, 15) is 4.79 Å². The van der Waals surface area contributed by atoms with Crippen LogP contribution in [0.5, 0.6) is 0 Å². The quantitative estimate of drug-likeness (QED) is 0.718. The SMILES string of the molecule is NC(=O)c1cnc2[nH]c(-c3ccccc3)cc2c1. The maximum atomic E-state index is 11.1. The molecule has 0 radical (unpaired) electrons. The monoisotopic (exact) mass is 237 g/mol. The first-order valence-electron chi connectivity index (χ1n) is 5.58. The Kier molecular flexibility index (Phi) is 2.34. The molecule has 0 bridgehead atoms. The van der Waals surface area contributed by atoms with Gasteiger partial charge in [0, 0.05) is 17.3 Å². The number of aromatic nitrogens is 2. The predicted molar refractivity (Wildman–Crippen MR) is 70.0 cm³/mol. The minimum Gasteiger partial charge on any atom is -0.366 e. The number of carbonyl (C=O) groups is 1. The van der Waals surface area contributed by atoms with Crippen molar-refractivity contribution in [2.45, 2.75) is 0 Å². The second-order valence-electron chi connectivity index (χ2n) is 4.08. The van der Waals surface area contributed by atoms with E-state index in [0.29, 0.717) is 5.56 Å². The lowest BCUT2D eigenvalue weighted by molar-refractivity contribution is 0.1000. The number of nitrogens with two attached hydrogens (primary N) is 1. The van der Waals surface area contributed by atoms with E-state index in [2.05, 4.69) is 9.97 Å². The number of rotatable bonds is 2. The smallest absolute Gasteiger partial charge is 0.250 e. The van der Waals surface area contributed by atoms with Crippen molar-refractivity contribution in [3.8, 4) is 11.3 Å². The average molecular weight is 237 g/mol. The number of amides is 1. The Morgan fingerprint density at radius 1 is 1.17 bits per heavy atom. The van der Waals surface area contributed by atoms with Gasteiger partial charge in [0.15, 0.2) is 0 Å². The van der Waals surface area contributed by atoms with Crippen LogP contribution in [0.25, 0.3) is 22.3 Å². The average Bonchev–Trinajstić information content (AvgIpc) is 2.82. The molecular formula is C14H11N3O. The highest BCUT2D eigenvalue weighted by Crippen LogP contribution is 2.23. The predicted octanol–water partition coefficient (Wildman–Crippen LogP) is 2.33. The molecule has 3 N–H and O–H groups in total. The van der Waals surface area contributed by atoms with Crippen LogP contribution >= 0.6 is 0 Å². The Hall–Kier alpha value is -2.62. The molecule has 2 heterocycles. The third-order valence-corrected chi connectivity index (χ3v) is 2.84. The first kappa shape index (κ1) is 10.5. The number of aromatic amines is 1. The highest BCUT2D eigenvalue weighted by Gasteiger charge is 2.07. The topological polar surface area (TPSA) is 71.8 Å². The van der Waals surface area contributed by atoms with E-state index in [1.165, 1.54) is 6.20 Å². The summed E-state index contributed by atoms with van der Waals surface area (Å²) in [5.74, 6) is -0.466. The molecule has 4 heteroatoms.